The smallest absolute Gasteiger partial charge is 0.0481 e. The molecule has 10 heterocycles. The van der Waals surface area contributed by atoms with Gasteiger partial charge in [0.1, 0.15) is 0 Å². The van der Waals surface area contributed by atoms with E-state index in [4.69, 9.17) is 0 Å². The second-order valence-corrected chi connectivity index (χ2v) is 35.8. The van der Waals surface area contributed by atoms with Crippen molar-refractivity contribution >= 4 is 146 Å². The molecule has 12 aromatic rings. The van der Waals surface area contributed by atoms with Crippen molar-refractivity contribution in [1.29, 1.82) is 0 Å². The van der Waals surface area contributed by atoms with Gasteiger partial charge in [-0.15, -0.1) is 113 Å². The first kappa shape index (κ1) is 67.7. The van der Waals surface area contributed by atoms with E-state index in [1.165, 1.54) is 299 Å². The summed E-state index contributed by atoms with van der Waals surface area (Å²) in [6.45, 7) is 9.24. The first-order valence-electron chi connectivity index (χ1n) is 35.0. The van der Waals surface area contributed by atoms with E-state index < -0.39 is 0 Å². The summed E-state index contributed by atoms with van der Waals surface area (Å²) in [5.41, 5.74) is 8.68. The Kier molecular flexibility index (Phi) is 25.4. The van der Waals surface area contributed by atoms with Crippen molar-refractivity contribution in [3.8, 4) is 78.7 Å². The number of benzene rings is 2. The Labute approximate surface area is 590 Å². The average Bonchev–Trinajstić information content (AvgIpc) is 1.66. The van der Waals surface area contributed by atoms with Gasteiger partial charge in [-0.1, -0.05) is 186 Å². The van der Waals surface area contributed by atoms with Gasteiger partial charge in [0, 0.05) is 87.4 Å². The van der Waals surface area contributed by atoms with Gasteiger partial charge < -0.3 is 0 Å². The predicted molar refractivity (Wildman–Crippen MR) is 427 cm³/mol. The van der Waals surface area contributed by atoms with E-state index in [2.05, 4.69) is 172 Å². The first-order chi connectivity index (χ1) is 45.4. The minimum Gasteiger partial charge on any atom is -0.143 e. The lowest BCUT2D eigenvalue weighted by Gasteiger charge is -2.03. The molecule has 10 aromatic heterocycles. The molecule has 0 aliphatic heterocycles. The summed E-state index contributed by atoms with van der Waals surface area (Å²) < 4.78 is 2.74. The van der Waals surface area contributed by atoms with Crippen molar-refractivity contribution in [3.05, 3.63) is 165 Å². The monoisotopic (exact) mass is 1400 g/mol. The van der Waals surface area contributed by atoms with Crippen LogP contribution in [0.2, 0.25) is 0 Å². The van der Waals surface area contributed by atoms with Gasteiger partial charge in [-0.3, -0.25) is 0 Å². The summed E-state index contributed by atoms with van der Waals surface area (Å²) in [7, 11) is 0. The fourth-order valence-corrected chi connectivity index (χ4v) is 24.2. The average molecular weight is 1400 g/mol. The van der Waals surface area contributed by atoms with Gasteiger partial charge in [0.25, 0.3) is 0 Å². The van der Waals surface area contributed by atoms with Crippen LogP contribution in [0.5, 0.6) is 0 Å². The predicted octanol–water partition coefficient (Wildman–Crippen LogP) is 31.7. The zero-order valence-electron chi connectivity index (χ0n) is 54.7. The normalized spacial score (nSPS) is 12.0. The van der Waals surface area contributed by atoms with Crippen LogP contribution in [-0.4, -0.2) is 0 Å². The van der Waals surface area contributed by atoms with Crippen molar-refractivity contribution in [2.45, 2.75) is 207 Å². The summed E-state index contributed by atoms with van der Waals surface area (Å²) >= 11 is 19.7. The Morgan fingerprint density at radius 2 is 0.630 bits per heavy atom. The lowest BCUT2D eigenvalue weighted by Crippen LogP contribution is -1.86. The molecule has 0 bridgehead atoms. The summed E-state index contributed by atoms with van der Waals surface area (Å²) in [6, 6.07) is 48.1. The van der Waals surface area contributed by atoms with Gasteiger partial charge in [-0.2, -0.15) is 0 Å². The molecule has 0 nitrogen and oxygen atoms in total. The second kappa shape index (κ2) is 34.6. The van der Waals surface area contributed by atoms with Crippen LogP contribution in [0.4, 0.5) is 0 Å². The Morgan fingerprint density at radius 1 is 0.261 bits per heavy atom. The topological polar surface area (TPSA) is 0 Å². The van der Waals surface area contributed by atoms with E-state index in [0.717, 1.165) is 12.8 Å². The molecule has 0 saturated heterocycles. The Morgan fingerprint density at radius 3 is 1.10 bits per heavy atom. The van der Waals surface area contributed by atoms with Crippen LogP contribution in [-0.2, 0) is 25.7 Å². The van der Waals surface area contributed by atoms with Gasteiger partial charge in [-0.25, -0.2) is 0 Å². The Bertz CT molecular complexity index is 4150. The molecule has 0 saturated carbocycles. The Balaban J connectivity index is 0.717. The van der Waals surface area contributed by atoms with Crippen molar-refractivity contribution in [2.75, 3.05) is 0 Å². The van der Waals surface area contributed by atoms with Crippen molar-refractivity contribution in [3.63, 3.8) is 0 Å². The zero-order valence-corrected chi connectivity index (χ0v) is 62.9. The first-order valence-corrected chi connectivity index (χ1v) is 43.3. The van der Waals surface area contributed by atoms with Crippen LogP contribution in [0.25, 0.3) is 111 Å². The molecule has 0 unspecified atom stereocenters. The Hall–Kier alpha value is -4.30. The number of hydrogen-bond acceptors (Lipinski definition) is 10. The van der Waals surface area contributed by atoms with Crippen LogP contribution < -0.4 is 0 Å². The SMILES string of the molecule is CCCCCCCCc1ccsc1-c1ccc(-c2ccc(-c3sc(-c4ccc(C=Cc5cc6cc7sc(-c8cc(CCCCCCCC)c(-c9ccc(-c%10ccc(-c%11sccc%11CCCCCCCC)s%10)s9)s8)cc7cc6s5)cc4)cc3CCCCCCCC)s2)s1. The molecule has 0 N–H and O–H groups in total. The molecule has 0 amide bonds. The molecular weight excluding hydrogens is 1310 g/mol. The number of fused-ring (bicyclic) bond motifs is 2. The van der Waals surface area contributed by atoms with Crippen LogP contribution in [0, 0.1) is 0 Å². The fraction of sp³-hybridized carbons (Fsp3) is 0.390. The van der Waals surface area contributed by atoms with Crippen molar-refractivity contribution < 1.29 is 0 Å². The van der Waals surface area contributed by atoms with Crippen molar-refractivity contribution in [1.82, 2.24) is 0 Å². The van der Waals surface area contributed by atoms with Gasteiger partial charge in [0.2, 0.25) is 0 Å². The second-order valence-electron chi connectivity index (χ2n) is 25.3. The summed E-state index contributed by atoms with van der Waals surface area (Å²) in [5, 5.41) is 7.31. The molecule has 2 aromatic carbocycles. The largest absolute Gasteiger partial charge is 0.143 e. The van der Waals surface area contributed by atoms with Crippen molar-refractivity contribution in [2.24, 2.45) is 0 Å². The minimum absolute atomic E-state index is 1.14. The number of thiophene rings is 10. The fourth-order valence-electron chi connectivity index (χ4n) is 12.9. The highest BCUT2D eigenvalue weighted by atomic mass is 32.1. The molecule has 0 aliphatic rings. The molecule has 12 rings (SSSR count). The van der Waals surface area contributed by atoms with E-state index in [9.17, 15) is 0 Å². The molecule has 0 radical (unpaired) electrons. The molecule has 10 heteroatoms. The molecule has 0 atom stereocenters. The highest BCUT2D eigenvalue weighted by Crippen LogP contribution is 2.50. The van der Waals surface area contributed by atoms with Gasteiger partial charge >= 0.3 is 0 Å². The molecule has 0 fully saturated rings. The summed E-state index contributed by atoms with van der Waals surface area (Å²) in [4.78, 5) is 22.6. The summed E-state index contributed by atoms with van der Waals surface area (Å²) in [6.07, 6.45) is 41.3. The molecule has 0 aliphatic carbocycles. The lowest BCUT2D eigenvalue weighted by atomic mass is 10.0. The molecular formula is C82H92S10. The van der Waals surface area contributed by atoms with E-state index in [1.54, 1.807) is 0 Å². The third kappa shape index (κ3) is 17.6. The maximum Gasteiger partial charge on any atom is 0.0481 e. The summed E-state index contributed by atoms with van der Waals surface area (Å²) in [5.74, 6) is 0. The van der Waals surface area contributed by atoms with Gasteiger partial charge in [0.05, 0.1) is 0 Å². The standard InChI is InChI=1S/C82H92S10/c1-5-9-13-17-21-25-29-59-47-49-83-79(59)70-43-39-66(86-70)68-41-45-72(88-68)81-61(31-27-23-19-15-11-7-3)52-74(91-81)58-36-33-57(34-37-58)35-38-65-51-63-54-76-64(55-75(63)85-65)56-77(90-76)78-53-62(32-28-24-20-16-12-8-4)82(92-78)73-46-42-69(89-73)67-40-44-71(87-67)80-60(48-50-84-80)30-26-22-18-14-10-6-2/h33-56H,5-32H2,1-4H3. The lowest BCUT2D eigenvalue weighted by molar-refractivity contribution is 0.608. The number of hydrogen-bond donors (Lipinski definition) is 0. The van der Waals surface area contributed by atoms with Gasteiger partial charge in [0.15, 0.2) is 0 Å². The number of unbranched alkanes of at least 4 members (excludes halogenated alkanes) is 20. The van der Waals surface area contributed by atoms with Crippen LogP contribution >= 0.6 is 113 Å². The van der Waals surface area contributed by atoms with E-state index >= 15 is 0 Å². The molecule has 480 valence electrons. The quantitative estimate of drug-likeness (QED) is 0.0338. The van der Waals surface area contributed by atoms with Crippen LogP contribution in [0.15, 0.2) is 132 Å². The zero-order chi connectivity index (χ0) is 62.9. The third-order valence-electron chi connectivity index (χ3n) is 18.2. The molecule has 0 spiro atoms. The van der Waals surface area contributed by atoms with E-state index in [1.807, 2.05) is 113 Å². The van der Waals surface area contributed by atoms with Crippen LogP contribution in [0.3, 0.4) is 0 Å². The third-order valence-corrected chi connectivity index (χ3v) is 30.3. The number of rotatable bonds is 38. The highest BCUT2D eigenvalue weighted by Gasteiger charge is 2.21. The number of aryl methyl sites for hydroxylation is 4. The maximum absolute atomic E-state index is 2.56. The highest BCUT2D eigenvalue weighted by molar-refractivity contribution is 7.31. The maximum atomic E-state index is 2.56. The van der Waals surface area contributed by atoms with Crippen LogP contribution in [0.1, 0.15) is 214 Å². The van der Waals surface area contributed by atoms with Gasteiger partial charge in [-0.05, 0) is 209 Å². The molecule has 92 heavy (non-hydrogen) atoms. The minimum atomic E-state index is 1.14. The van der Waals surface area contributed by atoms with E-state index in [0.29, 0.717) is 0 Å². The van der Waals surface area contributed by atoms with E-state index in [-0.39, 0.29) is 0 Å².